The van der Waals surface area contributed by atoms with Gasteiger partial charge in [0.15, 0.2) is 0 Å². The third-order valence-corrected chi connectivity index (χ3v) is 3.96. The van der Waals surface area contributed by atoms with Crippen LogP contribution >= 0.6 is 11.3 Å². The van der Waals surface area contributed by atoms with Gasteiger partial charge >= 0.3 is 0 Å². The number of amides is 1. The topological polar surface area (TPSA) is 38.8 Å². The molecule has 1 aliphatic heterocycles. The number of methoxy groups -OCH3 is 1. The molecule has 4 nitrogen and oxygen atoms in total. The molecule has 104 valence electrons. The Balaban J connectivity index is 2.00. The van der Waals surface area contributed by atoms with Crippen LogP contribution in [0.4, 0.5) is 10.1 Å². The second kappa shape index (κ2) is 5.13. The maximum absolute atomic E-state index is 13.4. The van der Waals surface area contributed by atoms with Crippen molar-refractivity contribution in [2.45, 2.75) is 0 Å². The third kappa shape index (κ3) is 2.12. The molecule has 6 heteroatoms. The molecule has 0 atom stereocenters. The first kappa shape index (κ1) is 12.9. The van der Waals surface area contributed by atoms with Crippen molar-refractivity contribution in [3.8, 4) is 11.5 Å². The number of fused-ring (bicyclic) bond motifs is 1. The van der Waals surface area contributed by atoms with Crippen LogP contribution in [0, 0.1) is 5.82 Å². The molecule has 0 fully saturated rings. The lowest BCUT2D eigenvalue weighted by atomic mass is 10.2. The lowest BCUT2D eigenvalue weighted by Gasteiger charge is -2.29. The molecule has 2 heterocycles. The molecule has 1 aliphatic rings. The Morgan fingerprint density at radius 3 is 3.10 bits per heavy atom. The van der Waals surface area contributed by atoms with Crippen LogP contribution in [0.3, 0.4) is 0 Å². The number of anilines is 1. The molecule has 0 N–H and O–H groups in total. The molecule has 2 aromatic rings. The van der Waals surface area contributed by atoms with Crippen LogP contribution in [-0.2, 0) is 0 Å². The van der Waals surface area contributed by atoms with Crippen molar-refractivity contribution >= 4 is 22.9 Å². The minimum atomic E-state index is -0.398. The number of carbonyl (C=O) groups is 1. The zero-order chi connectivity index (χ0) is 14.1. The lowest BCUT2D eigenvalue weighted by molar-refractivity contribution is 0.0978. The molecule has 0 radical (unpaired) electrons. The molecular formula is C14H12FNO3S. The van der Waals surface area contributed by atoms with E-state index in [2.05, 4.69) is 0 Å². The Labute approximate surface area is 119 Å². The molecule has 1 amide bonds. The fourth-order valence-corrected chi connectivity index (χ4v) is 2.94. The summed E-state index contributed by atoms with van der Waals surface area (Å²) in [5.41, 5.74) is 0.455. The van der Waals surface area contributed by atoms with E-state index in [0.29, 0.717) is 35.2 Å². The predicted molar refractivity (Wildman–Crippen MR) is 74.4 cm³/mol. The van der Waals surface area contributed by atoms with Crippen LogP contribution < -0.4 is 14.4 Å². The molecular weight excluding hydrogens is 281 g/mol. The highest BCUT2D eigenvalue weighted by Gasteiger charge is 2.27. The Kier molecular flexibility index (Phi) is 3.31. The predicted octanol–water partition coefficient (Wildman–Crippen LogP) is 2.94. The minimum Gasteiger partial charge on any atom is -0.495 e. The van der Waals surface area contributed by atoms with Crippen LogP contribution in [0.1, 0.15) is 9.67 Å². The van der Waals surface area contributed by atoms with Crippen molar-refractivity contribution in [1.82, 2.24) is 0 Å². The van der Waals surface area contributed by atoms with E-state index in [1.54, 1.807) is 11.4 Å². The number of carbonyl (C=O) groups excluding carboxylic acids is 1. The summed E-state index contributed by atoms with van der Waals surface area (Å²) < 4.78 is 24.0. The molecule has 20 heavy (non-hydrogen) atoms. The molecule has 3 rings (SSSR count). The zero-order valence-corrected chi connectivity index (χ0v) is 11.6. The highest BCUT2D eigenvalue weighted by atomic mass is 32.1. The van der Waals surface area contributed by atoms with Gasteiger partial charge < -0.3 is 14.4 Å². The second-order valence-corrected chi connectivity index (χ2v) is 5.15. The summed E-state index contributed by atoms with van der Waals surface area (Å²) in [7, 11) is 1.52. The minimum absolute atomic E-state index is 0.202. The van der Waals surface area contributed by atoms with Crippen molar-refractivity contribution in [3.63, 3.8) is 0 Å². The Morgan fingerprint density at radius 2 is 2.30 bits per heavy atom. The van der Waals surface area contributed by atoms with Crippen molar-refractivity contribution in [3.05, 3.63) is 40.3 Å². The quantitative estimate of drug-likeness (QED) is 0.854. The molecule has 1 aromatic carbocycles. The van der Waals surface area contributed by atoms with Gasteiger partial charge in [-0.25, -0.2) is 4.39 Å². The molecule has 0 spiro atoms. The number of hydrogen-bond donors (Lipinski definition) is 0. The summed E-state index contributed by atoms with van der Waals surface area (Å²) in [5, 5.41) is 1.79. The Hall–Kier alpha value is -2.08. The fourth-order valence-electron chi connectivity index (χ4n) is 2.14. The monoisotopic (exact) mass is 293 g/mol. The van der Waals surface area contributed by atoms with Gasteiger partial charge in [0.1, 0.15) is 28.8 Å². The molecule has 0 bridgehead atoms. The van der Waals surface area contributed by atoms with E-state index in [9.17, 15) is 9.18 Å². The van der Waals surface area contributed by atoms with E-state index in [4.69, 9.17) is 9.47 Å². The number of rotatable bonds is 2. The number of thiophene rings is 1. The number of benzene rings is 1. The number of halogens is 1. The largest absolute Gasteiger partial charge is 0.495 e. The maximum Gasteiger partial charge on any atom is 0.272 e. The fraction of sp³-hybridized carbons (Fsp3) is 0.214. The molecule has 0 aliphatic carbocycles. The Bertz CT molecular complexity index is 656. The summed E-state index contributed by atoms with van der Waals surface area (Å²) in [6, 6.07) is 5.91. The molecule has 0 unspecified atom stereocenters. The highest BCUT2D eigenvalue weighted by molar-refractivity contribution is 7.12. The molecule has 0 saturated carbocycles. The van der Waals surface area contributed by atoms with Gasteiger partial charge in [0.2, 0.25) is 0 Å². The van der Waals surface area contributed by atoms with Crippen molar-refractivity contribution in [2.24, 2.45) is 0 Å². The van der Waals surface area contributed by atoms with E-state index in [1.165, 1.54) is 41.5 Å². The second-order valence-electron chi connectivity index (χ2n) is 4.24. The summed E-state index contributed by atoms with van der Waals surface area (Å²) in [4.78, 5) is 14.6. The van der Waals surface area contributed by atoms with Crippen LogP contribution in [-0.4, -0.2) is 26.2 Å². The van der Waals surface area contributed by atoms with E-state index in [-0.39, 0.29) is 5.91 Å². The number of ether oxygens (including phenoxy) is 2. The van der Waals surface area contributed by atoms with Gasteiger partial charge in [0.25, 0.3) is 5.91 Å². The van der Waals surface area contributed by atoms with E-state index in [0.717, 1.165) is 0 Å². The maximum atomic E-state index is 13.4. The normalized spacial score (nSPS) is 13.6. The van der Waals surface area contributed by atoms with Gasteiger partial charge in [-0.05, 0) is 23.6 Å². The third-order valence-electron chi connectivity index (χ3n) is 3.07. The van der Waals surface area contributed by atoms with E-state index < -0.39 is 5.82 Å². The summed E-state index contributed by atoms with van der Waals surface area (Å²) >= 11 is 1.30. The van der Waals surface area contributed by atoms with Crippen molar-refractivity contribution in [1.29, 1.82) is 0 Å². The van der Waals surface area contributed by atoms with Crippen LogP contribution in [0.25, 0.3) is 0 Å². The Morgan fingerprint density at radius 1 is 1.45 bits per heavy atom. The summed E-state index contributed by atoms with van der Waals surface area (Å²) in [6.45, 7) is 0.772. The van der Waals surface area contributed by atoms with Gasteiger partial charge in [-0.15, -0.1) is 11.3 Å². The van der Waals surface area contributed by atoms with Gasteiger partial charge in [-0.3, -0.25) is 4.79 Å². The van der Waals surface area contributed by atoms with Gasteiger partial charge in [-0.1, -0.05) is 0 Å². The average molecular weight is 293 g/mol. The first-order chi connectivity index (χ1) is 9.70. The number of hydrogen-bond acceptors (Lipinski definition) is 4. The van der Waals surface area contributed by atoms with E-state index in [1.807, 2.05) is 0 Å². The van der Waals surface area contributed by atoms with Crippen LogP contribution in [0.2, 0.25) is 0 Å². The highest BCUT2D eigenvalue weighted by Crippen LogP contribution is 2.35. The zero-order valence-electron chi connectivity index (χ0n) is 10.8. The van der Waals surface area contributed by atoms with Gasteiger partial charge in [-0.2, -0.15) is 0 Å². The van der Waals surface area contributed by atoms with Crippen LogP contribution in [0.15, 0.2) is 29.6 Å². The number of nitrogens with zero attached hydrogens (tertiary/aromatic N) is 1. The van der Waals surface area contributed by atoms with Gasteiger partial charge in [0.05, 0.1) is 19.3 Å². The summed E-state index contributed by atoms with van der Waals surface area (Å²) in [5.74, 6) is 0.447. The van der Waals surface area contributed by atoms with Crippen LogP contribution in [0.5, 0.6) is 11.5 Å². The molecule has 0 saturated heterocycles. The van der Waals surface area contributed by atoms with Gasteiger partial charge in [0, 0.05) is 6.07 Å². The smallest absolute Gasteiger partial charge is 0.272 e. The standard InChI is InChI=1S/C14H12FNO3S/c1-18-12-4-7-20-13(12)14(17)16-5-6-19-11-3-2-9(15)8-10(11)16/h2-4,7-8H,5-6H2,1H3. The SMILES string of the molecule is COc1ccsc1C(=O)N1CCOc2ccc(F)cc21. The summed E-state index contributed by atoms with van der Waals surface area (Å²) in [6.07, 6.45) is 0. The first-order valence-corrected chi connectivity index (χ1v) is 6.94. The van der Waals surface area contributed by atoms with Crippen molar-refractivity contribution < 1.29 is 18.7 Å². The average Bonchev–Trinajstić information content (AvgIpc) is 2.94. The van der Waals surface area contributed by atoms with E-state index >= 15 is 0 Å². The van der Waals surface area contributed by atoms with Crippen molar-refractivity contribution in [2.75, 3.05) is 25.2 Å². The first-order valence-electron chi connectivity index (χ1n) is 6.06. The lowest BCUT2D eigenvalue weighted by Crippen LogP contribution is -2.37. The molecule has 1 aromatic heterocycles.